The van der Waals surface area contributed by atoms with E-state index in [1.165, 1.54) is 24.2 Å². The highest BCUT2D eigenvalue weighted by Crippen LogP contribution is 2.41. The average molecular weight is 451 g/mol. The van der Waals surface area contributed by atoms with Crippen molar-refractivity contribution in [2.75, 3.05) is 5.75 Å². The minimum Gasteiger partial charge on any atom is -0.353 e. The highest BCUT2D eigenvalue weighted by Gasteiger charge is 2.33. The zero-order chi connectivity index (χ0) is 22.5. The van der Waals surface area contributed by atoms with Gasteiger partial charge < -0.3 is 5.32 Å². The number of benzene rings is 2. The third-order valence-electron chi connectivity index (χ3n) is 5.26. The molecule has 0 saturated heterocycles. The predicted molar refractivity (Wildman–Crippen MR) is 126 cm³/mol. The van der Waals surface area contributed by atoms with Gasteiger partial charge in [0.2, 0.25) is 0 Å². The molecule has 3 rings (SSSR count). The molecule has 0 bridgehead atoms. The number of nitriles is 1. The Morgan fingerprint density at radius 2 is 1.77 bits per heavy atom. The number of thioether (sulfide) groups is 1. The fraction of sp³-hybridized carbons (Fsp3) is 0.240. The molecule has 1 aliphatic heterocycles. The highest BCUT2D eigenvalue weighted by atomic mass is 35.5. The molecule has 2 aromatic rings. The number of ketones is 2. The zero-order valence-corrected chi connectivity index (χ0v) is 19.2. The fourth-order valence-corrected chi connectivity index (χ4v) is 4.74. The number of Topliss-reactive ketones (excluding diaryl/α,β-unsaturated/α-hetero) is 2. The Bertz CT molecular complexity index is 1110. The molecule has 0 amide bonds. The van der Waals surface area contributed by atoms with E-state index in [1.54, 1.807) is 12.1 Å². The Labute approximate surface area is 192 Å². The van der Waals surface area contributed by atoms with E-state index in [4.69, 9.17) is 11.6 Å². The van der Waals surface area contributed by atoms with E-state index in [1.807, 2.05) is 43.3 Å². The Balaban J connectivity index is 1.91. The molecule has 0 aromatic heterocycles. The third kappa shape index (κ3) is 5.10. The molecule has 31 heavy (non-hydrogen) atoms. The van der Waals surface area contributed by atoms with Crippen LogP contribution in [0.3, 0.4) is 0 Å². The average Bonchev–Trinajstić information content (AvgIpc) is 2.77. The van der Waals surface area contributed by atoms with Gasteiger partial charge in [0.05, 0.1) is 28.3 Å². The van der Waals surface area contributed by atoms with E-state index in [0.29, 0.717) is 32.5 Å². The molecule has 1 heterocycles. The number of hydrogen-bond acceptors (Lipinski definition) is 5. The summed E-state index contributed by atoms with van der Waals surface area (Å²) >= 11 is 7.32. The molecule has 0 saturated carbocycles. The molecular weight excluding hydrogens is 428 g/mol. The molecule has 0 fully saturated rings. The number of carbonyl (C=O) groups excluding carboxylic acids is 2. The summed E-state index contributed by atoms with van der Waals surface area (Å²) in [5.41, 5.74) is 4.30. The zero-order valence-electron chi connectivity index (χ0n) is 17.7. The molecule has 6 heteroatoms. The lowest BCUT2D eigenvalue weighted by atomic mass is 9.81. The van der Waals surface area contributed by atoms with Gasteiger partial charge in [0.25, 0.3) is 0 Å². The Kier molecular flexibility index (Phi) is 7.37. The molecule has 1 N–H and O–H groups in total. The van der Waals surface area contributed by atoms with Gasteiger partial charge in [0, 0.05) is 21.9 Å². The van der Waals surface area contributed by atoms with Gasteiger partial charge in [0.1, 0.15) is 0 Å². The standard InChI is InChI=1S/C25H23ClN2O2S/c1-4-17-5-7-18(8-6-17)22(30)14-31-25-21(13-27)24(19-9-11-20(26)12-10-19)23(16(3)29)15(2)28-25/h5-12,24,28H,4,14H2,1-3H3/t24-/m1/s1. The van der Waals surface area contributed by atoms with Gasteiger partial charge in [-0.25, -0.2) is 0 Å². The second kappa shape index (κ2) is 10.00. The molecule has 4 nitrogen and oxygen atoms in total. The normalized spacial score (nSPS) is 16.0. The van der Waals surface area contributed by atoms with E-state index in [-0.39, 0.29) is 17.3 Å². The Morgan fingerprint density at radius 3 is 2.32 bits per heavy atom. The summed E-state index contributed by atoms with van der Waals surface area (Å²) in [6.07, 6.45) is 0.918. The highest BCUT2D eigenvalue weighted by molar-refractivity contribution is 8.03. The van der Waals surface area contributed by atoms with Crippen LogP contribution in [-0.4, -0.2) is 17.3 Å². The van der Waals surface area contributed by atoms with Crippen molar-refractivity contribution in [1.29, 1.82) is 5.26 Å². The van der Waals surface area contributed by atoms with Crippen molar-refractivity contribution >= 4 is 34.9 Å². The summed E-state index contributed by atoms with van der Waals surface area (Å²) in [5, 5.41) is 14.3. The summed E-state index contributed by atoms with van der Waals surface area (Å²) in [6.45, 7) is 5.39. The van der Waals surface area contributed by atoms with Crippen LogP contribution in [0.5, 0.6) is 0 Å². The van der Waals surface area contributed by atoms with Gasteiger partial charge in [-0.2, -0.15) is 5.26 Å². The number of dihydropyridines is 1. The van der Waals surface area contributed by atoms with Gasteiger partial charge in [-0.3, -0.25) is 9.59 Å². The fourth-order valence-electron chi connectivity index (χ4n) is 3.63. The van der Waals surface area contributed by atoms with E-state index < -0.39 is 5.92 Å². The number of rotatable bonds is 7. The van der Waals surface area contributed by atoms with Crippen molar-refractivity contribution in [2.24, 2.45) is 0 Å². The summed E-state index contributed by atoms with van der Waals surface area (Å²) in [4.78, 5) is 25.1. The van der Waals surface area contributed by atoms with Gasteiger partial charge >= 0.3 is 0 Å². The Hall–Kier alpha value is -2.81. The van der Waals surface area contributed by atoms with Crippen LogP contribution in [0.15, 0.2) is 70.4 Å². The number of nitrogens with zero attached hydrogens (tertiary/aromatic N) is 1. The molecule has 158 valence electrons. The van der Waals surface area contributed by atoms with Crippen LogP contribution in [0.2, 0.25) is 5.02 Å². The molecule has 0 radical (unpaired) electrons. The molecule has 0 aliphatic carbocycles. The van der Waals surface area contributed by atoms with Gasteiger partial charge in [-0.05, 0) is 43.5 Å². The quantitative estimate of drug-likeness (QED) is 0.539. The van der Waals surface area contributed by atoms with Crippen molar-refractivity contribution < 1.29 is 9.59 Å². The van der Waals surface area contributed by atoms with E-state index in [9.17, 15) is 14.9 Å². The van der Waals surface area contributed by atoms with Gasteiger partial charge in [0.15, 0.2) is 11.6 Å². The molecule has 0 spiro atoms. The van der Waals surface area contributed by atoms with Crippen LogP contribution in [0.4, 0.5) is 0 Å². The minimum absolute atomic E-state index is 0.0127. The van der Waals surface area contributed by atoms with E-state index in [0.717, 1.165) is 12.0 Å². The molecule has 1 aliphatic rings. The van der Waals surface area contributed by atoms with Crippen molar-refractivity contribution in [3.63, 3.8) is 0 Å². The maximum Gasteiger partial charge on any atom is 0.173 e. The van der Waals surface area contributed by atoms with Crippen molar-refractivity contribution in [2.45, 2.75) is 33.1 Å². The van der Waals surface area contributed by atoms with Crippen LogP contribution >= 0.6 is 23.4 Å². The van der Waals surface area contributed by atoms with E-state index >= 15 is 0 Å². The maximum atomic E-state index is 12.7. The van der Waals surface area contributed by atoms with Crippen LogP contribution in [-0.2, 0) is 11.2 Å². The first kappa shape index (κ1) is 22.9. The first-order valence-electron chi connectivity index (χ1n) is 9.99. The minimum atomic E-state index is -0.498. The molecule has 0 unspecified atom stereocenters. The van der Waals surface area contributed by atoms with Crippen molar-refractivity contribution in [3.05, 3.63) is 92.1 Å². The lowest BCUT2D eigenvalue weighted by molar-refractivity contribution is -0.113. The number of halogens is 1. The predicted octanol–water partition coefficient (Wildman–Crippen LogP) is 5.80. The summed E-state index contributed by atoms with van der Waals surface area (Å²) in [6, 6.07) is 17.0. The smallest absolute Gasteiger partial charge is 0.173 e. The summed E-state index contributed by atoms with van der Waals surface area (Å²) in [5.74, 6) is -0.424. The van der Waals surface area contributed by atoms with Crippen molar-refractivity contribution in [3.8, 4) is 6.07 Å². The number of allylic oxidation sites excluding steroid dienone is 3. The lowest BCUT2D eigenvalue weighted by Gasteiger charge is -2.29. The number of nitrogens with one attached hydrogen (secondary N) is 1. The topological polar surface area (TPSA) is 70.0 Å². The van der Waals surface area contributed by atoms with E-state index in [2.05, 4.69) is 18.3 Å². The first-order valence-corrected chi connectivity index (χ1v) is 11.4. The van der Waals surface area contributed by atoms with Crippen LogP contribution in [0.25, 0.3) is 0 Å². The second-order valence-electron chi connectivity index (χ2n) is 7.32. The van der Waals surface area contributed by atoms with Crippen LogP contribution < -0.4 is 5.32 Å². The molecule has 2 aromatic carbocycles. The van der Waals surface area contributed by atoms with Gasteiger partial charge in [-0.1, -0.05) is 66.7 Å². The second-order valence-corrected chi connectivity index (χ2v) is 8.74. The van der Waals surface area contributed by atoms with Crippen molar-refractivity contribution in [1.82, 2.24) is 5.32 Å². The lowest BCUT2D eigenvalue weighted by Crippen LogP contribution is -2.27. The SMILES string of the molecule is CCc1ccc(C(=O)CSC2=C(C#N)[C@@H](c3ccc(Cl)cc3)C(C(C)=O)=C(C)N2)cc1. The summed E-state index contributed by atoms with van der Waals surface area (Å²) < 4.78 is 0. The third-order valence-corrected chi connectivity index (χ3v) is 6.53. The number of hydrogen-bond donors (Lipinski definition) is 1. The summed E-state index contributed by atoms with van der Waals surface area (Å²) in [7, 11) is 0. The van der Waals surface area contributed by atoms with Crippen LogP contribution in [0.1, 0.15) is 48.2 Å². The Morgan fingerprint density at radius 1 is 1.13 bits per heavy atom. The molecular formula is C25H23ClN2O2S. The maximum absolute atomic E-state index is 12.7. The number of carbonyl (C=O) groups is 2. The molecule has 1 atom stereocenters. The number of aryl methyl sites for hydroxylation is 1. The largest absolute Gasteiger partial charge is 0.353 e. The van der Waals surface area contributed by atoms with Gasteiger partial charge in [-0.15, -0.1) is 0 Å². The monoisotopic (exact) mass is 450 g/mol. The van der Waals surface area contributed by atoms with Crippen LogP contribution in [0, 0.1) is 11.3 Å². The first-order chi connectivity index (χ1) is 14.8.